The molecule has 25 heavy (non-hydrogen) atoms. The van der Waals surface area contributed by atoms with Gasteiger partial charge in [0.15, 0.2) is 0 Å². The van der Waals surface area contributed by atoms with Crippen LogP contribution in [-0.2, 0) is 0 Å². The Morgan fingerprint density at radius 2 is 1.84 bits per heavy atom. The van der Waals surface area contributed by atoms with Crippen LogP contribution in [0.2, 0.25) is 0 Å². The van der Waals surface area contributed by atoms with E-state index in [1.807, 2.05) is 25.1 Å². The van der Waals surface area contributed by atoms with Crippen molar-refractivity contribution in [2.24, 2.45) is 5.10 Å². The van der Waals surface area contributed by atoms with Crippen molar-refractivity contribution in [2.45, 2.75) is 6.92 Å². The predicted molar refractivity (Wildman–Crippen MR) is 99.9 cm³/mol. The molecule has 0 aliphatic carbocycles. The summed E-state index contributed by atoms with van der Waals surface area (Å²) in [6.45, 7) is 2.51. The molecule has 0 aromatic heterocycles. The van der Waals surface area contributed by atoms with Crippen LogP contribution in [0.3, 0.4) is 0 Å². The minimum atomic E-state index is -0.363. The molecular weight excluding hydrogens is 388 g/mol. The highest BCUT2D eigenvalue weighted by Gasteiger charge is 2.09. The highest BCUT2D eigenvalue weighted by Crippen LogP contribution is 2.25. The Bertz CT molecular complexity index is 755. The van der Waals surface area contributed by atoms with Gasteiger partial charge in [-0.2, -0.15) is 5.10 Å². The van der Waals surface area contributed by atoms with Gasteiger partial charge in [0.25, 0.3) is 5.91 Å². The van der Waals surface area contributed by atoms with E-state index in [0.29, 0.717) is 23.7 Å². The molecule has 2 aromatic rings. The van der Waals surface area contributed by atoms with Gasteiger partial charge in [-0.15, -0.1) is 0 Å². The molecule has 0 unspecified atom stereocenters. The smallest absolute Gasteiger partial charge is 0.271 e. The van der Waals surface area contributed by atoms with Crippen LogP contribution in [0.1, 0.15) is 22.8 Å². The standard InChI is InChI=1S/C18H19BrN2O4/c1-4-25-17-6-5-12(7-16(17)19)11-20-21-18(22)13-8-14(23-2)10-15(9-13)24-3/h5-11H,4H2,1-3H3,(H,21,22)/b20-11-. The van der Waals surface area contributed by atoms with E-state index in [1.54, 1.807) is 24.4 Å². The topological polar surface area (TPSA) is 69.2 Å². The average Bonchev–Trinajstić information content (AvgIpc) is 2.63. The third-order valence-electron chi connectivity index (χ3n) is 3.25. The zero-order chi connectivity index (χ0) is 18.2. The molecule has 0 aliphatic heterocycles. The van der Waals surface area contributed by atoms with Crippen molar-refractivity contribution in [1.82, 2.24) is 5.43 Å². The number of amides is 1. The molecule has 2 aromatic carbocycles. The van der Waals surface area contributed by atoms with Crippen LogP contribution < -0.4 is 19.6 Å². The molecular formula is C18H19BrN2O4. The Kier molecular flexibility index (Phi) is 6.82. The number of hydrogen-bond donors (Lipinski definition) is 1. The highest BCUT2D eigenvalue weighted by molar-refractivity contribution is 9.10. The molecule has 7 heteroatoms. The zero-order valence-electron chi connectivity index (χ0n) is 14.2. The highest BCUT2D eigenvalue weighted by atomic mass is 79.9. The third-order valence-corrected chi connectivity index (χ3v) is 3.87. The second-order valence-electron chi connectivity index (χ2n) is 4.92. The number of hydrogen-bond acceptors (Lipinski definition) is 5. The molecule has 0 fully saturated rings. The summed E-state index contributed by atoms with van der Waals surface area (Å²) in [4.78, 5) is 12.2. The van der Waals surface area contributed by atoms with E-state index in [1.165, 1.54) is 14.2 Å². The van der Waals surface area contributed by atoms with E-state index >= 15 is 0 Å². The quantitative estimate of drug-likeness (QED) is 0.562. The van der Waals surface area contributed by atoms with Crippen LogP contribution in [0, 0.1) is 0 Å². The van der Waals surface area contributed by atoms with Crippen molar-refractivity contribution in [1.29, 1.82) is 0 Å². The van der Waals surface area contributed by atoms with Crippen LogP contribution in [0.4, 0.5) is 0 Å². The maximum absolute atomic E-state index is 12.2. The molecule has 0 heterocycles. The van der Waals surface area contributed by atoms with E-state index in [2.05, 4.69) is 26.5 Å². The molecule has 0 spiro atoms. The lowest BCUT2D eigenvalue weighted by atomic mass is 10.2. The zero-order valence-corrected chi connectivity index (χ0v) is 15.8. The first-order valence-electron chi connectivity index (χ1n) is 7.56. The molecule has 0 atom stereocenters. The number of hydrazone groups is 1. The predicted octanol–water partition coefficient (Wildman–Crippen LogP) is 3.63. The molecule has 1 N–H and O–H groups in total. The van der Waals surface area contributed by atoms with Crippen LogP contribution in [0.15, 0.2) is 46.0 Å². The minimum Gasteiger partial charge on any atom is -0.497 e. The fourth-order valence-corrected chi connectivity index (χ4v) is 2.55. The van der Waals surface area contributed by atoms with Crippen molar-refractivity contribution >= 4 is 28.1 Å². The first-order chi connectivity index (χ1) is 12.1. The number of carbonyl (C=O) groups excluding carboxylic acids is 1. The van der Waals surface area contributed by atoms with Crippen molar-refractivity contribution in [3.63, 3.8) is 0 Å². The van der Waals surface area contributed by atoms with Gasteiger partial charge in [-0.1, -0.05) is 0 Å². The van der Waals surface area contributed by atoms with Gasteiger partial charge in [0, 0.05) is 11.6 Å². The number of nitrogens with one attached hydrogen (secondary N) is 1. The first-order valence-corrected chi connectivity index (χ1v) is 8.35. The normalized spacial score (nSPS) is 10.6. The number of methoxy groups -OCH3 is 2. The van der Waals surface area contributed by atoms with E-state index in [-0.39, 0.29) is 5.91 Å². The molecule has 6 nitrogen and oxygen atoms in total. The number of carbonyl (C=O) groups is 1. The lowest BCUT2D eigenvalue weighted by Gasteiger charge is -2.07. The van der Waals surface area contributed by atoms with Crippen molar-refractivity contribution in [2.75, 3.05) is 20.8 Å². The van der Waals surface area contributed by atoms with Gasteiger partial charge in [0.1, 0.15) is 17.2 Å². The number of benzene rings is 2. The molecule has 132 valence electrons. The van der Waals surface area contributed by atoms with Gasteiger partial charge in [0.05, 0.1) is 31.5 Å². The van der Waals surface area contributed by atoms with Gasteiger partial charge < -0.3 is 14.2 Å². The molecule has 0 aliphatic rings. The van der Waals surface area contributed by atoms with Crippen LogP contribution in [-0.4, -0.2) is 32.9 Å². The second-order valence-corrected chi connectivity index (χ2v) is 5.78. The fourth-order valence-electron chi connectivity index (χ4n) is 2.04. The summed E-state index contributed by atoms with van der Waals surface area (Å²) in [5.74, 6) is 1.46. The summed E-state index contributed by atoms with van der Waals surface area (Å²) in [6, 6.07) is 10.5. The molecule has 0 saturated heterocycles. The summed E-state index contributed by atoms with van der Waals surface area (Å²) in [6.07, 6.45) is 1.55. The number of ether oxygens (including phenoxy) is 3. The average molecular weight is 407 g/mol. The van der Waals surface area contributed by atoms with E-state index < -0.39 is 0 Å². The third kappa shape index (κ3) is 5.22. The van der Waals surface area contributed by atoms with Crippen molar-refractivity contribution < 1.29 is 19.0 Å². The van der Waals surface area contributed by atoms with Crippen LogP contribution in [0.5, 0.6) is 17.2 Å². The Hall–Kier alpha value is -2.54. The molecule has 0 radical (unpaired) electrons. The lowest BCUT2D eigenvalue weighted by Crippen LogP contribution is -2.17. The summed E-state index contributed by atoms with van der Waals surface area (Å²) >= 11 is 3.44. The van der Waals surface area contributed by atoms with Crippen molar-refractivity contribution in [3.8, 4) is 17.2 Å². The molecule has 0 saturated carbocycles. The van der Waals surface area contributed by atoms with Crippen molar-refractivity contribution in [3.05, 3.63) is 52.0 Å². The van der Waals surface area contributed by atoms with E-state index in [4.69, 9.17) is 14.2 Å². The number of halogens is 1. The summed E-state index contributed by atoms with van der Waals surface area (Å²) in [5, 5.41) is 3.98. The number of nitrogens with zero attached hydrogens (tertiary/aromatic N) is 1. The largest absolute Gasteiger partial charge is 0.497 e. The Morgan fingerprint density at radius 1 is 1.16 bits per heavy atom. The molecule has 1 amide bonds. The lowest BCUT2D eigenvalue weighted by molar-refractivity contribution is 0.0954. The Labute approximate surface area is 154 Å². The van der Waals surface area contributed by atoms with Crippen LogP contribution in [0.25, 0.3) is 0 Å². The van der Waals surface area contributed by atoms with Gasteiger partial charge in [-0.05, 0) is 58.7 Å². The van der Waals surface area contributed by atoms with Crippen LogP contribution >= 0.6 is 15.9 Å². The summed E-state index contributed by atoms with van der Waals surface area (Å²) in [7, 11) is 3.05. The Balaban J connectivity index is 2.06. The summed E-state index contributed by atoms with van der Waals surface area (Å²) in [5.41, 5.74) is 3.69. The van der Waals surface area contributed by atoms with E-state index in [0.717, 1.165) is 15.8 Å². The Morgan fingerprint density at radius 3 is 2.40 bits per heavy atom. The first kappa shape index (κ1) is 18.8. The SMILES string of the molecule is CCOc1ccc(/C=N\NC(=O)c2cc(OC)cc(OC)c2)cc1Br. The maximum atomic E-state index is 12.2. The van der Waals surface area contributed by atoms with E-state index in [9.17, 15) is 4.79 Å². The molecule has 0 bridgehead atoms. The fraction of sp³-hybridized carbons (Fsp3) is 0.222. The second kappa shape index (κ2) is 9.08. The van der Waals surface area contributed by atoms with Gasteiger partial charge >= 0.3 is 0 Å². The minimum absolute atomic E-state index is 0.363. The van der Waals surface area contributed by atoms with Gasteiger partial charge in [0.2, 0.25) is 0 Å². The number of rotatable bonds is 7. The van der Waals surface area contributed by atoms with Gasteiger partial charge in [-0.3, -0.25) is 4.79 Å². The summed E-state index contributed by atoms with van der Waals surface area (Å²) < 4.78 is 16.6. The maximum Gasteiger partial charge on any atom is 0.271 e. The van der Waals surface area contributed by atoms with Gasteiger partial charge in [-0.25, -0.2) is 5.43 Å². The molecule has 2 rings (SSSR count). The monoisotopic (exact) mass is 406 g/mol.